The van der Waals surface area contributed by atoms with Gasteiger partial charge >= 0.3 is 0 Å². The van der Waals surface area contributed by atoms with Gasteiger partial charge in [-0.25, -0.2) is 8.78 Å². The van der Waals surface area contributed by atoms with E-state index in [1.807, 2.05) is 18.2 Å². The summed E-state index contributed by atoms with van der Waals surface area (Å²) < 4.78 is 50.6. The maximum Gasteiger partial charge on any atom is 0.168 e. The number of phenols is 2. The second kappa shape index (κ2) is 24.1. The van der Waals surface area contributed by atoms with E-state index >= 15 is 8.78 Å². The molecule has 6 nitrogen and oxygen atoms in total. The summed E-state index contributed by atoms with van der Waals surface area (Å²) in [6.45, 7) is 50.8. The van der Waals surface area contributed by atoms with Crippen LogP contribution in [0.3, 0.4) is 0 Å². The number of nitrogens with zero attached hydrogens (tertiary/aromatic N) is 2. The summed E-state index contributed by atoms with van der Waals surface area (Å²) >= 11 is 6.97. The summed E-state index contributed by atoms with van der Waals surface area (Å²) in [5.74, 6) is -1.33. The second-order valence-electron chi connectivity index (χ2n) is 34.1. The Morgan fingerprint density at radius 1 is 0.413 bits per heavy atom. The lowest BCUT2D eigenvalue weighted by molar-refractivity contribution is 0.242. The normalized spacial score (nSPS) is 13.4. The smallest absolute Gasteiger partial charge is 0.168 e. The fourth-order valence-electron chi connectivity index (χ4n) is 14.2. The number of benzene rings is 8. The molecule has 2 N–H and O–H groups in total. The number of hydrogen-bond acceptors (Lipinski definition) is 4. The summed E-state index contributed by atoms with van der Waals surface area (Å²) in [6, 6.07) is 43.3. The number of ether oxygens (including phenoxy) is 2. The minimum Gasteiger partial charge on any atom is -0.505 e. The Kier molecular flexibility index (Phi) is 17.9. The van der Waals surface area contributed by atoms with E-state index < -0.39 is 49.3 Å². The third-order valence-corrected chi connectivity index (χ3v) is 26.9. The van der Waals surface area contributed by atoms with E-state index in [4.69, 9.17) is 21.1 Å². The summed E-state index contributed by atoms with van der Waals surface area (Å²) in [5.41, 5.74) is 7.93. The first-order chi connectivity index (χ1) is 42.4. The third kappa shape index (κ3) is 13.9. The van der Waals surface area contributed by atoms with Crippen molar-refractivity contribution in [2.45, 2.75) is 178 Å². The van der Waals surface area contributed by atoms with Gasteiger partial charge < -0.3 is 28.8 Å². The molecule has 0 aliphatic carbocycles. The Morgan fingerprint density at radius 3 is 1.13 bits per heavy atom. The van der Waals surface area contributed by atoms with Crippen molar-refractivity contribution in [3.63, 3.8) is 0 Å². The zero-order valence-corrected chi connectivity index (χ0v) is 63.7. The molecule has 0 bridgehead atoms. The molecule has 0 atom stereocenters. The number of aromatic nitrogens is 2. The Morgan fingerprint density at radius 2 is 0.772 bits per heavy atom. The standard InChI is InChI=1S/C79H99ClF2N2O4Si4/c1-76(2,3)47-78(7,8)49-36-62(73(85)70(38-49)83-66-43-53(89(11,12)13)25-29-57(66)58-30-26-54(44-67(58)83)90(14,15)16)61-40-51(80)24-33-72(61)87-34-23-35-88-75-64(41-52(81)42-65(75)82)63-37-50(79(9,10)48-77(4,5)6)39-71(74(63)86)84-68-45-55(91(17,18)19)27-31-59(68)60-32-28-56(46-69(60)84)92(20,21)22/h24-33,36-46,85-86H,23,34-35,47-48H2,1-22H3. The number of halogens is 3. The van der Waals surface area contributed by atoms with E-state index in [9.17, 15) is 10.2 Å². The number of hydrogen-bond donors (Lipinski definition) is 2. The van der Waals surface area contributed by atoms with Crippen LogP contribution in [0.15, 0.2) is 127 Å². The maximum absolute atomic E-state index is 16.8. The highest BCUT2D eigenvalue weighted by atomic mass is 35.5. The number of phenolic OH excluding ortho intramolecular Hbond substituents is 2. The van der Waals surface area contributed by atoms with E-state index in [0.29, 0.717) is 39.7 Å². The van der Waals surface area contributed by atoms with Crippen LogP contribution in [-0.4, -0.2) is 64.9 Å². The highest BCUT2D eigenvalue weighted by molar-refractivity contribution is 6.90. The largest absolute Gasteiger partial charge is 0.505 e. The lowest BCUT2D eigenvalue weighted by atomic mass is 9.71. The first kappa shape index (κ1) is 68.4. The molecule has 13 heteroatoms. The topological polar surface area (TPSA) is 68.8 Å². The van der Waals surface area contributed by atoms with Crippen LogP contribution in [0.4, 0.5) is 8.78 Å². The SMILES string of the molecule is CC(C)(C)CC(C)(C)c1cc(-c2cc(Cl)ccc2OCCCOc2c(F)cc(F)cc2-c2cc(C(C)(C)CC(C)(C)C)cc(-n3c4cc([Si](C)(C)C)ccc4c4ccc([Si](C)(C)C)cc43)c2O)c(O)c(-n2c3cc([Si](C)(C)C)ccc3c3ccc([Si](C)(C)C)cc32)c1. The molecule has 0 saturated carbocycles. The molecule has 486 valence electrons. The van der Waals surface area contributed by atoms with Gasteiger partial charge in [0, 0.05) is 61.3 Å². The first-order valence-electron chi connectivity index (χ1n) is 32.9. The molecule has 0 spiro atoms. The van der Waals surface area contributed by atoms with Gasteiger partial charge in [-0.2, -0.15) is 0 Å². The van der Waals surface area contributed by atoms with Crippen LogP contribution >= 0.6 is 11.6 Å². The lowest BCUT2D eigenvalue weighted by Crippen LogP contribution is -2.37. The van der Waals surface area contributed by atoms with Crippen LogP contribution in [0, 0.1) is 22.5 Å². The molecule has 10 aromatic rings. The van der Waals surface area contributed by atoms with Crippen molar-refractivity contribution in [2.75, 3.05) is 13.2 Å². The van der Waals surface area contributed by atoms with Crippen molar-refractivity contribution in [2.24, 2.45) is 10.8 Å². The lowest BCUT2D eigenvalue weighted by Gasteiger charge is -2.34. The van der Waals surface area contributed by atoms with Crippen molar-refractivity contribution in [3.8, 4) is 56.6 Å². The number of aromatic hydroxyl groups is 2. The van der Waals surface area contributed by atoms with Crippen molar-refractivity contribution in [3.05, 3.63) is 155 Å². The van der Waals surface area contributed by atoms with Gasteiger partial charge in [0.05, 0.1) is 79.0 Å². The predicted octanol–water partition coefficient (Wildman–Crippen LogP) is 21.0. The molecule has 2 heterocycles. The zero-order valence-electron chi connectivity index (χ0n) is 58.9. The molecule has 0 unspecified atom stereocenters. The minimum absolute atomic E-state index is 0.00834. The Balaban J connectivity index is 1.06. The van der Waals surface area contributed by atoms with E-state index in [0.717, 1.165) is 73.6 Å². The summed E-state index contributed by atoms with van der Waals surface area (Å²) in [6.07, 6.45) is 1.95. The van der Waals surface area contributed by atoms with Gasteiger partial charge in [-0.05, 0) is 118 Å². The van der Waals surface area contributed by atoms with E-state index in [2.05, 4.69) is 248 Å². The van der Waals surface area contributed by atoms with E-state index in [1.54, 1.807) is 6.07 Å². The highest BCUT2D eigenvalue weighted by Crippen LogP contribution is 2.50. The van der Waals surface area contributed by atoms with Crippen molar-refractivity contribution >= 4 is 108 Å². The van der Waals surface area contributed by atoms with Crippen molar-refractivity contribution in [1.82, 2.24) is 9.13 Å². The van der Waals surface area contributed by atoms with Gasteiger partial charge in [0.2, 0.25) is 0 Å². The predicted molar refractivity (Wildman–Crippen MR) is 402 cm³/mol. The highest BCUT2D eigenvalue weighted by Gasteiger charge is 2.35. The first-order valence-corrected chi connectivity index (χ1v) is 47.3. The van der Waals surface area contributed by atoms with Crippen molar-refractivity contribution in [1.29, 1.82) is 0 Å². The molecule has 2 aromatic heterocycles. The minimum atomic E-state index is -1.84. The summed E-state index contributed by atoms with van der Waals surface area (Å²) in [5, 5.41) is 36.4. The molecule has 10 rings (SSSR count). The number of fused-ring (bicyclic) bond motifs is 6. The number of rotatable bonds is 18. The van der Waals surface area contributed by atoms with Crippen LogP contribution in [-0.2, 0) is 10.8 Å². The molecule has 0 radical (unpaired) electrons. The Hall–Kier alpha value is -6.42. The van der Waals surface area contributed by atoms with Gasteiger partial charge in [-0.3, -0.25) is 0 Å². The zero-order chi connectivity index (χ0) is 67.5. The molecule has 0 aliphatic rings. The van der Waals surface area contributed by atoms with Gasteiger partial charge in [0.1, 0.15) is 23.1 Å². The van der Waals surface area contributed by atoms with Gasteiger partial charge in [-0.1, -0.05) is 229 Å². The van der Waals surface area contributed by atoms with Crippen LogP contribution in [0.2, 0.25) is 83.6 Å². The molecule has 0 fully saturated rings. The van der Waals surface area contributed by atoms with Gasteiger partial charge in [0.15, 0.2) is 11.6 Å². The van der Waals surface area contributed by atoms with Crippen LogP contribution in [0.25, 0.3) is 77.2 Å². The van der Waals surface area contributed by atoms with Gasteiger partial charge in [0.25, 0.3) is 0 Å². The van der Waals surface area contributed by atoms with E-state index in [1.165, 1.54) is 26.8 Å². The quantitative estimate of drug-likeness (QED) is 0.0664. The Bertz CT molecular complexity index is 4370. The summed E-state index contributed by atoms with van der Waals surface area (Å²) in [7, 11) is -7.26. The van der Waals surface area contributed by atoms with E-state index in [-0.39, 0.29) is 57.8 Å². The maximum atomic E-state index is 16.8. The third-order valence-electron chi connectivity index (χ3n) is 18.5. The second-order valence-corrected chi connectivity index (χ2v) is 54.8. The van der Waals surface area contributed by atoms with Gasteiger partial charge in [-0.15, -0.1) is 0 Å². The molecular formula is C79H99ClF2N2O4Si4. The van der Waals surface area contributed by atoms with Crippen molar-refractivity contribution < 1.29 is 28.5 Å². The Labute approximate surface area is 556 Å². The monoisotopic (exact) mass is 1320 g/mol. The molecule has 0 saturated heterocycles. The van der Waals surface area contributed by atoms with Crippen LogP contribution in [0.1, 0.15) is 99.6 Å². The average Bonchev–Trinajstić information content (AvgIpc) is 1.38. The molecule has 92 heavy (non-hydrogen) atoms. The molecular weight excluding hydrogens is 1230 g/mol. The van der Waals surface area contributed by atoms with Crippen LogP contribution < -0.4 is 30.2 Å². The van der Waals surface area contributed by atoms with Crippen LogP contribution in [0.5, 0.6) is 23.0 Å². The summed E-state index contributed by atoms with van der Waals surface area (Å²) in [4.78, 5) is 0. The fraction of sp³-hybridized carbons (Fsp3) is 0.392. The average molecular weight is 1330 g/mol. The molecule has 0 aliphatic heterocycles. The molecule has 0 amide bonds. The molecule has 8 aromatic carbocycles. The fourth-order valence-corrected chi connectivity index (χ4v) is 19.0.